The fourth-order valence-corrected chi connectivity index (χ4v) is 5.82. The summed E-state index contributed by atoms with van der Waals surface area (Å²) in [4.78, 5) is 41.7. The number of fused-ring (bicyclic) bond motifs is 4. The third-order valence-corrected chi connectivity index (χ3v) is 7.11. The number of benzene rings is 2. The molecule has 0 aromatic heterocycles. The molecule has 2 aromatic rings. The van der Waals surface area contributed by atoms with E-state index in [1.165, 1.54) is 18.9 Å². The number of para-hydroxylation sites is 1. The quantitative estimate of drug-likeness (QED) is 0.733. The van der Waals surface area contributed by atoms with Crippen molar-refractivity contribution in [2.24, 2.45) is 0 Å². The van der Waals surface area contributed by atoms with Gasteiger partial charge >= 0.3 is 5.97 Å². The Morgan fingerprint density at radius 1 is 1.11 bits per heavy atom. The van der Waals surface area contributed by atoms with Gasteiger partial charge in [-0.05, 0) is 48.7 Å². The molecule has 7 heteroatoms. The molecule has 1 saturated heterocycles. The standard InChI is InChI=1S/C21H18N2O4S/c1-27-19(25)14-6-7-15-13(12-14)9-11-22(15)20(26)21-10-8-18(24)23(21)16-4-2-3-5-17(16)28-21/h2-7,12H,8-11H2,1H3/t21-/m1/s1. The maximum absolute atomic E-state index is 13.7. The van der Waals surface area contributed by atoms with Crippen LogP contribution in [0.5, 0.6) is 0 Å². The van der Waals surface area contributed by atoms with E-state index in [9.17, 15) is 14.4 Å². The monoisotopic (exact) mass is 394 g/mol. The SMILES string of the molecule is COC(=O)c1ccc2c(c1)CCN2C(=O)[C@]12CCC(=O)N1c1ccccc1S2. The zero-order valence-corrected chi connectivity index (χ0v) is 16.1. The molecule has 0 spiro atoms. The van der Waals surface area contributed by atoms with Crippen LogP contribution in [0.25, 0.3) is 0 Å². The van der Waals surface area contributed by atoms with Crippen molar-refractivity contribution in [1.29, 1.82) is 0 Å². The van der Waals surface area contributed by atoms with E-state index in [1.54, 1.807) is 28.0 Å². The second-order valence-electron chi connectivity index (χ2n) is 7.13. The lowest BCUT2D eigenvalue weighted by atomic mass is 10.1. The Bertz CT molecular complexity index is 1040. The minimum atomic E-state index is -0.913. The highest BCUT2D eigenvalue weighted by molar-refractivity contribution is 8.02. The van der Waals surface area contributed by atoms with E-state index < -0.39 is 4.87 Å². The van der Waals surface area contributed by atoms with E-state index in [0.29, 0.717) is 31.4 Å². The molecule has 3 aliphatic heterocycles. The number of carbonyl (C=O) groups is 3. The maximum Gasteiger partial charge on any atom is 0.337 e. The summed E-state index contributed by atoms with van der Waals surface area (Å²) in [7, 11) is 1.35. The second kappa shape index (κ2) is 6.10. The summed E-state index contributed by atoms with van der Waals surface area (Å²) in [6.07, 6.45) is 1.54. The smallest absolute Gasteiger partial charge is 0.337 e. The Labute approximate surface area is 166 Å². The van der Waals surface area contributed by atoms with Gasteiger partial charge in [0.2, 0.25) is 5.91 Å². The lowest BCUT2D eigenvalue weighted by Crippen LogP contribution is -2.53. The number of hydrogen-bond acceptors (Lipinski definition) is 5. The van der Waals surface area contributed by atoms with Crippen LogP contribution in [0.4, 0.5) is 11.4 Å². The maximum atomic E-state index is 13.7. The Morgan fingerprint density at radius 3 is 2.75 bits per heavy atom. The number of rotatable bonds is 2. The van der Waals surface area contributed by atoms with Crippen molar-refractivity contribution >= 4 is 40.9 Å². The Balaban J connectivity index is 1.52. The van der Waals surface area contributed by atoms with E-state index in [-0.39, 0.29) is 17.8 Å². The van der Waals surface area contributed by atoms with Crippen LogP contribution in [0.1, 0.15) is 28.8 Å². The summed E-state index contributed by atoms with van der Waals surface area (Å²) < 4.78 is 4.79. The molecule has 2 amide bonds. The van der Waals surface area contributed by atoms with E-state index in [0.717, 1.165) is 21.8 Å². The number of nitrogens with zero attached hydrogens (tertiary/aromatic N) is 2. The van der Waals surface area contributed by atoms with Crippen LogP contribution in [0, 0.1) is 0 Å². The zero-order valence-electron chi connectivity index (χ0n) is 15.3. The van der Waals surface area contributed by atoms with Gasteiger partial charge in [0.25, 0.3) is 5.91 Å². The van der Waals surface area contributed by atoms with Gasteiger partial charge in [0.1, 0.15) is 0 Å². The number of hydrogen-bond donors (Lipinski definition) is 0. The van der Waals surface area contributed by atoms with E-state index in [1.807, 2.05) is 24.3 Å². The molecule has 0 saturated carbocycles. The minimum absolute atomic E-state index is 0.00809. The van der Waals surface area contributed by atoms with Gasteiger partial charge in [-0.3, -0.25) is 14.5 Å². The van der Waals surface area contributed by atoms with Crippen LogP contribution in [-0.4, -0.2) is 36.3 Å². The summed E-state index contributed by atoms with van der Waals surface area (Å²) in [6.45, 7) is 0.541. The van der Waals surface area contributed by atoms with Gasteiger partial charge in [-0.1, -0.05) is 23.9 Å². The fraction of sp³-hybridized carbons (Fsp3) is 0.286. The van der Waals surface area contributed by atoms with Crippen LogP contribution >= 0.6 is 11.8 Å². The van der Waals surface area contributed by atoms with Crippen LogP contribution in [0.15, 0.2) is 47.4 Å². The molecule has 0 aliphatic carbocycles. The molecule has 6 nitrogen and oxygen atoms in total. The average molecular weight is 394 g/mol. The van der Waals surface area contributed by atoms with Crippen LogP contribution in [0.3, 0.4) is 0 Å². The van der Waals surface area contributed by atoms with Crippen molar-refractivity contribution in [2.75, 3.05) is 23.5 Å². The topological polar surface area (TPSA) is 66.9 Å². The number of amides is 2. The van der Waals surface area contributed by atoms with Crippen molar-refractivity contribution in [3.63, 3.8) is 0 Å². The molecule has 1 atom stereocenters. The first-order valence-electron chi connectivity index (χ1n) is 9.19. The molecule has 2 aromatic carbocycles. The number of ether oxygens (including phenoxy) is 1. The largest absolute Gasteiger partial charge is 0.465 e. The lowest BCUT2D eigenvalue weighted by Gasteiger charge is -2.33. The van der Waals surface area contributed by atoms with Gasteiger partial charge in [0.15, 0.2) is 4.87 Å². The number of carbonyl (C=O) groups excluding carboxylic acids is 3. The molecule has 3 aliphatic rings. The van der Waals surface area contributed by atoms with Crippen LogP contribution in [0.2, 0.25) is 0 Å². The molecule has 0 unspecified atom stereocenters. The summed E-state index contributed by atoms with van der Waals surface area (Å²) in [5.74, 6) is -0.462. The molecule has 0 N–H and O–H groups in total. The highest BCUT2D eigenvalue weighted by Gasteiger charge is 2.59. The molecular formula is C21H18N2O4S. The Hall–Kier alpha value is -2.80. The third kappa shape index (κ3) is 2.26. The van der Waals surface area contributed by atoms with E-state index >= 15 is 0 Å². The highest BCUT2D eigenvalue weighted by atomic mass is 32.2. The molecule has 3 heterocycles. The number of esters is 1. The van der Waals surface area contributed by atoms with Gasteiger partial charge < -0.3 is 9.64 Å². The fourth-order valence-electron chi connectivity index (χ4n) is 4.35. The first kappa shape index (κ1) is 17.3. The van der Waals surface area contributed by atoms with Crippen molar-refractivity contribution in [3.8, 4) is 0 Å². The predicted octanol–water partition coefficient (Wildman–Crippen LogP) is 2.99. The lowest BCUT2D eigenvalue weighted by molar-refractivity contribution is -0.122. The van der Waals surface area contributed by atoms with E-state index in [2.05, 4.69) is 0 Å². The number of thioether (sulfide) groups is 1. The third-order valence-electron chi connectivity index (χ3n) is 5.65. The highest BCUT2D eigenvalue weighted by Crippen LogP contribution is 2.56. The van der Waals surface area contributed by atoms with Gasteiger partial charge in [0, 0.05) is 23.5 Å². The molecule has 142 valence electrons. The number of methoxy groups -OCH3 is 1. The molecule has 0 radical (unpaired) electrons. The van der Waals surface area contributed by atoms with Crippen molar-refractivity contribution in [1.82, 2.24) is 0 Å². The average Bonchev–Trinajstić information content (AvgIpc) is 3.38. The predicted molar refractivity (Wildman–Crippen MR) is 106 cm³/mol. The van der Waals surface area contributed by atoms with Gasteiger partial charge in [0.05, 0.1) is 18.4 Å². The molecule has 1 fully saturated rings. The Kier molecular flexibility index (Phi) is 3.77. The van der Waals surface area contributed by atoms with Gasteiger partial charge in [-0.25, -0.2) is 4.79 Å². The van der Waals surface area contributed by atoms with Crippen molar-refractivity contribution in [2.45, 2.75) is 29.0 Å². The minimum Gasteiger partial charge on any atom is -0.465 e. The van der Waals surface area contributed by atoms with Crippen LogP contribution < -0.4 is 9.80 Å². The van der Waals surface area contributed by atoms with E-state index in [4.69, 9.17) is 4.74 Å². The summed E-state index contributed by atoms with van der Waals surface area (Å²) in [5, 5.41) is 0. The molecular weight excluding hydrogens is 376 g/mol. The first-order valence-corrected chi connectivity index (χ1v) is 10.0. The molecule has 28 heavy (non-hydrogen) atoms. The summed E-state index contributed by atoms with van der Waals surface area (Å²) in [6, 6.07) is 13.0. The normalized spacial score (nSPS) is 22.1. The van der Waals surface area contributed by atoms with Crippen molar-refractivity contribution < 1.29 is 19.1 Å². The van der Waals surface area contributed by atoms with Gasteiger partial charge in [-0.2, -0.15) is 0 Å². The van der Waals surface area contributed by atoms with Gasteiger partial charge in [-0.15, -0.1) is 0 Å². The summed E-state index contributed by atoms with van der Waals surface area (Å²) in [5.41, 5.74) is 3.06. The molecule has 0 bridgehead atoms. The Morgan fingerprint density at radius 2 is 1.93 bits per heavy atom. The second-order valence-corrected chi connectivity index (χ2v) is 8.44. The first-order chi connectivity index (χ1) is 13.5. The van der Waals surface area contributed by atoms with Crippen molar-refractivity contribution in [3.05, 3.63) is 53.6 Å². The number of anilines is 2. The summed E-state index contributed by atoms with van der Waals surface area (Å²) >= 11 is 1.48. The van der Waals surface area contributed by atoms with Crippen LogP contribution in [-0.2, 0) is 20.7 Å². The zero-order chi connectivity index (χ0) is 19.5. The molecule has 5 rings (SSSR count).